The molecule has 0 bridgehead atoms. The van der Waals surface area contributed by atoms with Crippen molar-refractivity contribution in [2.75, 3.05) is 0 Å². The molecule has 1 aliphatic rings. The van der Waals surface area contributed by atoms with Crippen molar-refractivity contribution in [1.82, 2.24) is 4.57 Å². The molecule has 0 unspecified atom stereocenters. The molecule has 0 spiro atoms. The zero-order valence-electron chi connectivity index (χ0n) is 18.9. The van der Waals surface area contributed by atoms with Gasteiger partial charge in [-0.2, -0.15) is 0 Å². The lowest BCUT2D eigenvalue weighted by Gasteiger charge is -2.37. The first-order valence-electron chi connectivity index (χ1n) is 11.7. The van der Waals surface area contributed by atoms with Crippen LogP contribution in [0, 0.1) is 0 Å². The van der Waals surface area contributed by atoms with E-state index in [9.17, 15) is 0 Å². The monoisotopic (exact) mass is 437 g/mol. The maximum absolute atomic E-state index is 7.16. The van der Waals surface area contributed by atoms with Crippen LogP contribution in [0.4, 0.5) is 0 Å². The third-order valence-electron chi connectivity index (χ3n) is 7.20. The highest BCUT2D eigenvalue weighted by Crippen LogP contribution is 2.49. The van der Waals surface area contributed by atoms with Gasteiger partial charge < -0.3 is 9.30 Å². The minimum absolute atomic E-state index is 0.698. The Bertz CT molecular complexity index is 1690. The van der Waals surface area contributed by atoms with E-state index in [1.165, 1.54) is 27.2 Å². The third-order valence-corrected chi connectivity index (χ3v) is 7.20. The van der Waals surface area contributed by atoms with E-state index in [2.05, 4.69) is 133 Å². The topological polar surface area (TPSA) is 14.2 Å². The molecule has 0 saturated heterocycles. The van der Waals surface area contributed by atoms with E-state index in [1.54, 1.807) is 0 Å². The zero-order valence-corrected chi connectivity index (χ0v) is 18.9. The maximum atomic E-state index is 7.16. The molecule has 2 nitrogen and oxygen atoms in total. The summed E-state index contributed by atoms with van der Waals surface area (Å²) in [4.78, 5) is 0. The van der Waals surface area contributed by atoms with Crippen LogP contribution in [-0.2, 0) is 12.6 Å². The van der Waals surface area contributed by atoms with Gasteiger partial charge in [-0.25, -0.2) is 0 Å². The van der Waals surface area contributed by atoms with Crippen LogP contribution in [0.15, 0.2) is 115 Å². The van der Waals surface area contributed by atoms with E-state index in [0.29, 0.717) is 0 Å². The standard InChI is InChI=1S/C32H23NO/c1-33-28-19-11-10-18-26(28)29-24-16-8-9-17-25(24)31-27(30(29)33)20-21-32(34-31,22-12-4-2-5-13-22)23-14-6-3-7-15-23/h2-21H,1H3. The fourth-order valence-electron chi connectivity index (χ4n) is 5.64. The summed E-state index contributed by atoms with van der Waals surface area (Å²) in [5.74, 6) is 0.934. The van der Waals surface area contributed by atoms with Gasteiger partial charge in [0.1, 0.15) is 5.75 Å². The number of ether oxygens (including phenoxy) is 1. The molecular weight excluding hydrogens is 414 g/mol. The highest BCUT2D eigenvalue weighted by molar-refractivity contribution is 6.24. The molecule has 34 heavy (non-hydrogen) atoms. The van der Waals surface area contributed by atoms with Crippen molar-refractivity contribution in [3.05, 3.63) is 132 Å². The van der Waals surface area contributed by atoms with Crippen LogP contribution in [0.1, 0.15) is 16.7 Å². The van der Waals surface area contributed by atoms with Crippen molar-refractivity contribution in [2.45, 2.75) is 5.60 Å². The molecule has 0 N–H and O–H groups in total. The molecule has 1 aliphatic heterocycles. The summed E-state index contributed by atoms with van der Waals surface area (Å²) < 4.78 is 9.47. The molecule has 0 fully saturated rings. The van der Waals surface area contributed by atoms with Gasteiger partial charge in [0.05, 0.1) is 5.52 Å². The van der Waals surface area contributed by atoms with Crippen LogP contribution in [0.5, 0.6) is 5.75 Å². The van der Waals surface area contributed by atoms with Crippen molar-refractivity contribution in [3.63, 3.8) is 0 Å². The van der Waals surface area contributed by atoms with Gasteiger partial charge in [0, 0.05) is 45.4 Å². The smallest absolute Gasteiger partial charge is 0.178 e. The Morgan fingerprint density at radius 2 is 1.18 bits per heavy atom. The van der Waals surface area contributed by atoms with Crippen molar-refractivity contribution < 1.29 is 4.74 Å². The molecule has 6 aromatic rings. The minimum atomic E-state index is -0.698. The van der Waals surface area contributed by atoms with E-state index in [1.807, 2.05) is 0 Å². The molecule has 2 heteroatoms. The van der Waals surface area contributed by atoms with Crippen LogP contribution < -0.4 is 4.74 Å². The van der Waals surface area contributed by atoms with E-state index >= 15 is 0 Å². The lowest BCUT2D eigenvalue weighted by atomic mass is 9.83. The first-order valence-corrected chi connectivity index (χ1v) is 11.7. The van der Waals surface area contributed by atoms with Gasteiger partial charge in [-0.05, 0) is 23.6 Å². The van der Waals surface area contributed by atoms with E-state index < -0.39 is 5.60 Å². The zero-order chi connectivity index (χ0) is 22.7. The van der Waals surface area contributed by atoms with Gasteiger partial charge in [-0.15, -0.1) is 0 Å². The average molecular weight is 438 g/mol. The van der Waals surface area contributed by atoms with Gasteiger partial charge in [0.2, 0.25) is 0 Å². The first-order chi connectivity index (χ1) is 16.8. The van der Waals surface area contributed by atoms with Gasteiger partial charge in [-0.1, -0.05) is 103 Å². The summed E-state index contributed by atoms with van der Waals surface area (Å²) in [6.45, 7) is 0. The molecule has 1 aromatic heterocycles. The fraction of sp³-hybridized carbons (Fsp3) is 0.0625. The Hall–Kier alpha value is -4.30. The highest BCUT2D eigenvalue weighted by Gasteiger charge is 2.38. The number of para-hydroxylation sites is 1. The summed E-state index contributed by atoms with van der Waals surface area (Å²) in [5.41, 5.74) is 5.10. The molecular formula is C32H23NO. The maximum Gasteiger partial charge on any atom is 0.178 e. The molecule has 162 valence electrons. The number of benzene rings is 5. The van der Waals surface area contributed by atoms with Crippen molar-refractivity contribution in [2.24, 2.45) is 7.05 Å². The third kappa shape index (κ3) is 2.51. The van der Waals surface area contributed by atoms with Crippen molar-refractivity contribution in [1.29, 1.82) is 0 Å². The fourth-order valence-corrected chi connectivity index (χ4v) is 5.64. The van der Waals surface area contributed by atoms with Crippen molar-refractivity contribution >= 4 is 38.7 Å². The largest absolute Gasteiger partial charge is 0.472 e. The van der Waals surface area contributed by atoms with Gasteiger partial charge in [-0.3, -0.25) is 0 Å². The quantitative estimate of drug-likeness (QED) is 0.269. The highest BCUT2D eigenvalue weighted by atomic mass is 16.5. The minimum Gasteiger partial charge on any atom is -0.472 e. The Labute approximate surface area is 198 Å². The van der Waals surface area contributed by atoms with Gasteiger partial charge in [0.15, 0.2) is 5.60 Å². The Morgan fingerprint density at radius 3 is 1.85 bits per heavy atom. The Kier molecular flexibility index (Phi) is 4.01. The molecule has 0 atom stereocenters. The number of aromatic nitrogens is 1. The Morgan fingerprint density at radius 1 is 0.618 bits per heavy atom. The average Bonchev–Trinajstić information content (AvgIpc) is 3.22. The molecule has 0 saturated carbocycles. The van der Waals surface area contributed by atoms with Crippen LogP contribution in [0.3, 0.4) is 0 Å². The van der Waals surface area contributed by atoms with Crippen LogP contribution in [-0.4, -0.2) is 4.57 Å². The van der Waals surface area contributed by atoms with Crippen LogP contribution >= 0.6 is 0 Å². The number of rotatable bonds is 2. The predicted molar refractivity (Wildman–Crippen MR) is 141 cm³/mol. The lowest BCUT2D eigenvalue weighted by Crippen LogP contribution is -2.34. The second kappa shape index (κ2) is 7.10. The lowest BCUT2D eigenvalue weighted by molar-refractivity contribution is 0.164. The SMILES string of the molecule is Cn1c2ccccc2c2c3ccccc3c3c(c21)C=CC(c1ccccc1)(c1ccccc1)O3. The summed E-state index contributed by atoms with van der Waals surface area (Å²) in [5, 5.41) is 4.92. The summed E-state index contributed by atoms with van der Waals surface area (Å²) in [6.07, 6.45) is 4.50. The number of fused-ring (bicyclic) bond motifs is 8. The van der Waals surface area contributed by atoms with E-state index in [-0.39, 0.29) is 0 Å². The first kappa shape index (κ1) is 19.2. The normalized spacial score (nSPS) is 14.4. The number of nitrogens with zero attached hydrogens (tertiary/aromatic N) is 1. The van der Waals surface area contributed by atoms with Gasteiger partial charge >= 0.3 is 0 Å². The number of hydrogen-bond donors (Lipinski definition) is 0. The number of aryl methyl sites for hydroxylation is 1. The molecule has 7 rings (SSSR count). The molecule has 2 heterocycles. The number of hydrogen-bond acceptors (Lipinski definition) is 1. The predicted octanol–water partition coefficient (Wildman–Crippen LogP) is 7.83. The summed E-state index contributed by atoms with van der Waals surface area (Å²) in [6, 6.07) is 38.3. The summed E-state index contributed by atoms with van der Waals surface area (Å²) in [7, 11) is 2.16. The van der Waals surface area contributed by atoms with Crippen LogP contribution in [0.2, 0.25) is 0 Å². The Balaban J connectivity index is 1.62. The molecule has 0 aliphatic carbocycles. The van der Waals surface area contributed by atoms with E-state index in [0.717, 1.165) is 27.8 Å². The second-order valence-electron chi connectivity index (χ2n) is 8.99. The van der Waals surface area contributed by atoms with Crippen molar-refractivity contribution in [3.8, 4) is 5.75 Å². The molecule has 0 radical (unpaired) electrons. The van der Waals surface area contributed by atoms with E-state index in [4.69, 9.17) is 4.74 Å². The van der Waals surface area contributed by atoms with Crippen LogP contribution in [0.25, 0.3) is 38.7 Å². The molecule has 5 aromatic carbocycles. The second-order valence-corrected chi connectivity index (χ2v) is 8.99. The molecule has 0 amide bonds. The summed E-state index contributed by atoms with van der Waals surface area (Å²) >= 11 is 0. The van der Waals surface area contributed by atoms with Gasteiger partial charge in [0.25, 0.3) is 0 Å².